The molecule has 2 saturated carbocycles. The predicted octanol–water partition coefficient (Wildman–Crippen LogP) is 1.71. The molecule has 2 aliphatic carbocycles. The fourth-order valence-electron chi connectivity index (χ4n) is 2.91. The molecule has 4 nitrogen and oxygen atoms in total. The van der Waals surface area contributed by atoms with Gasteiger partial charge < -0.3 is 5.73 Å². The topological polar surface area (TPSA) is 63.4 Å². The molecule has 0 unspecified atom stereocenters. The SMILES string of the molecule is NCCCN(C1CC1)S(=O)(=O)CC1CCCCC1. The van der Waals surface area contributed by atoms with Gasteiger partial charge >= 0.3 is 0 Å². The molecule has 106 valence electrons. The maximum atomic E-state index is 12.5. The fraction of sp³-hybridized carbons (Fsp3) is 1.00. The minimum atomic E-state index is -3.05. The van der Waals surface area contributed by atoms with Crippen molar-refractivity contribution in [3.63, 3.8) is 0 Å². The van der Waals surface area contributed by atoms with Crippen LogP contribution in [0, 0.1) is 5.92 Å². The molecule has 0 aromatic heterocycles. The monoisotopic (exact) mass is 274 g/mol. The van der Waals surface area contributed by atoms with Gasteiger partial charge in [-0.2, -0.15) is 4.31 Å². The van der Waals surface area contributed by atoms with Crippen LogP contribution in [0.1, 0.15) is 51.4 Å². The first kappa shape index (κ1) is 14.3. The molecule has 0 saturated heterocycles. The maximum Gasteiger partial charge on any atom is 0.214 e. The Labute approximate surface area is 111 Å². The first-order valence-electron chi connectivity index (χ1n) is 7.33. The number of nitrogens with two attached hydrogens (primary N) is 1. The molecule has 0 radical (unpaired) electrons. The summed E-state index contributed by atoms with van der Waals surface area (Å²) in [7, 11) is -3.05. The summed E-state index contributed by atoms with van der Waals surface area (Å²) >= 11 is 0. The Bertz CT molecular complexity index is 346. The van der Waals surface area contributed by atoms with Crippen LogP contribution in [0.3, 0.4) is 0 Å². The average Bonchev–Trinajstić information content (AvgIpc) is 3.14. The van der Waals surface area contributed by atoms with E-state index in [1.807, 2.05) is 0 Å². The van der Waals surface area contributed by atoms with Crippen molar-refractivity contribution in [2.45, 2.75) is 57.4 Å². The largest absolute Gasteiger partial charge is 0.330 e. The van der Waals surface area contributed by atoms with Crippen molar-refractivity contribution < 1.29 is 8.42 Å². The number of sulfonamides is 1. The normalized spacial score (nSPS) is 22.6. The predicted molar refractivity (Wildman–Crippen MR) is 73.8 cm³/mol. The lowest BCUT2D eigenvalue weighted by Gasteiger charge is -2.26. The van der Waals surface area contributed by atoms with Crippen molar-refractivity contribution in [1.82, 2.24) is 4.31 Å². The molecule has 0 atom stereocenters. The van der Waals surface area contributed by atoms with E-state index in [1.54, 1.807) is 4.31 Å². The van der Waals surface area contributed by atoms with Gasteiger partial charge in [0.1, 0.15) is 0 Å². The van der Waals surface area contributed by atoms with Crippen LogP contribution in [0.25, 0.3) is 0 Å². The van der Waals surface area contributed by atoms with Gasteiger partial charge in [0.2, 0.25) is 10.0 Å². The second-order valence-corrected chi connectivity index (χ2v) is 7.73. The van der Waals surface area contributed by atoms with Crippen LogP contribution in [0.15, 0.2) is 0 Å². The summed E-state index contributed by atoms with van der Waals surface area (Å²) in [4.78, 5) is 0. The standard InChI is InChI=1S/C13H26N2O2S/c14-9-4-10-15(13-7-8-13)18(16,17)11-12-5-2-1-3-6-12/h12-13H,1-11,14H2. The van der Waals surface area contributed by atoms with Crippen LogP contribution in [0.4, 0.5) is 0 Å². The molecule has 0 aromatic carbocycles. The third kappa shape index (κ3) is 3.93. The van der Waals surface area contributed by atoms with Crippen LogP contribution in [-0.4, -0.2) is 37.6 Å². The highest BCUT2D eigenvalue weighted by atomic mass is 32.2. The van der Waals surface area contributed by atoms with Crippen LogP contribution in [0.2, 0.25) is 0 Å². The summed E-state index contributed by atoms with van der Waals surface area (Å²) in [5, 5.41) is 0. The molecule has 0 bridgehead atoms. The Morgan fingerprint density at radius 2 is 1.72 bits per heavy atom. The summed E-state index contributed by atoms with van der Waals surface area (Å²) in [5.41, 5.74) is 5.50. The van der Waals surface area contributed by atoms with Crippen molar-refractivity contribution in [1.29, 1.82) is 0 Å². The van der Waals surface area contributed by atoms with Crippen molar-refractivity contribution in [2.24, 2.45) is 11.7 Å². The zero-order valence-electron chi connectivity index (χ0n) is 11.2. The fourth-order valence-corrected chi connectivity index (χ4v) is 5.10. The Hall–Kier alpha value is -0.130. The van der Waals surface area contributed by atoms with Gasteiger partial charge in [-0.3, -0.25) is 0 Å². The molecule has 2 aliphatic rings. The van der Waals surface area contributed by atoms with Gasteiger partial charge in [-0.15, -0.1) is 0 Å². The van der Waals surface area contributed by atoms with Gasteiger partial charge in [0.05, 0.1) is 5.75 Å². The lowest BCUT2D eigenvalue weighted by Crippen LogP contribution is -2.38. The van der Waals surface area contributed by atoms with Gasteiger partial charge in [-0.25, -0.2) is 8.42 Å². The number of rotatable bonds is 7. The van der Waals surface area contributed by atoms with Gasteiger partial charge in [-0.05, 0) is 44.6 Å². The van der Waals surface area contributed by atoms with E-state index in [-0.39, 0.29) is 6.04 Å². The summed E-state index contributed by atoms with van der Waals surface area (Å²) in [6.45, 7) is 1.19. The van der Waals surface area contributed by atoms with Crippen molar-refractivity contribution in [3.8, 4) is 0 Å². The smallest absolute Gasteiger partial charge is 0.214 e. The highest BCUT2D eigenvalue weighted by Gasteiger charge is 2.37. The zero-order valence-corrected chi connectivity index (χ0v) is 12.0. The molecule has 0 aromatic rings. The van der Waals surface area contributed by atoms with Gasteiger partial charge in [0.15, 0.2) is 0 Å². The highest BCUT2D eigenvalue weighted by molar-refractivity contribution is 7.89. The van der Waals surface area contributed by atoms with Gasteiger partial charge in [0.25, 0.3) is 0 Å². The lowest BCUT2D eigenvalue weighted by atomic mass is 9.91. The van der Waals surface area contributed by atoms with E-state index in [9.17, 15) is 8.42 Å². The molecular weight excluding hydrogens is 248 g/mol. The van der Waals surface area contributed by atoms with Crippen LogP contribution >= 0.6 is 0 Å². The molecule has 0 spiro atoms. The molecule has 2 fully saturated rings. The lowest BCUT2D eigenvalue weighted by molar-refractivity contribution is 0.360. The zero-order chi connectivity index (χ0) is 13.0. The second-order valence-electron chi connectivity index (χ2n) is 5.77. The first-order valence-corrected chi connectivity index (χ1v) is 8.94. The van der Waals surface area contributed by atoms with E-state index in [4.69, 9.17) is 5.73 Å². The highest BCUT2D eigenvalue weighted by Crippen LogP contribution is 2.32. The minimum absolute atomic E-state index is 0.283. The molecule has 2 rings (SSSR count). The van der Waals surface area contributed by atoms with E-state index in [0.29, 0.717) is 24.8 Å². The van der Waals surface area contributed by atoms with Crippen LogP contribution in [0.5, 0.6) is 0 Å². The summed E-state index contributed by atoms with van der Waals surface area (Å²) in [6.07, 6.45) is 8.71. The van der Waals surface area contributed by atoms with E-state index >= 15 is 0 Å². The molecule has 0 heterocycles. The molecule has 0 aliphatic heterocycles. The quantitative estimate of drug-likeness (QED) is 0.768. The molecule has 0 amide bonds. The molecular formula is C13H26N2O2S. The van der Waals surface area contributed by atoms with E-state index < -0.39 is 10.0 Å². The third-order valence-electron chi connectivity index (χ3n) is 4.07. The Morgan fingerprint density at radius 1 is 1.06 bits per heavy atom. The summed E-state index contributed by atoms with van der Waals surface area (Å²) < 4.78 is 26.7. The third-order valence-corrected chi connectivity index (χ3v) is 6.15. The molecule has 18 heavy (non-hydrogen) atoms. The van der Waals surface area contributed by atoms with E-state index in [1.165, 1.54) is 19.3 Å². The molecule has 2 N–H and O–H groups in total. The summed E-state index contributed by atoms with van der Waals surface area (Å²) in [6, 6.07) is 0.283. The number of hydrogen-bond donors (Lipinski definition) is 1. The van der Waals surface area contributed by atoms with Gasteiger partial charge in [0, 0.05) is 12.6 Å². The van der Waals surface area contributed by atoms with Crippen molar-refractivity contribution >= 4 is 10.0 Å². The van der Waals surface area contributed by atoms with E-state index in [2.05, 4.69) is 0 Å². The van der Waals surface area contributed by atoms with Crippen LogP contribution in [-0.2, 0) is 10.0 Å². The second kappa shape index (κ2) is 6.35. The van der Waals surface area contributed by atoms with E-state index in [0.717, 1.165) is 32.1 Å². The first-order chi connectivity index (χ1) is 8.63. The number of hydrogen-bond acceptors (Lipinski definition) is 3. The summed E-state index contributed by atoms with van der Waals surface area (Å²) in [5.74, 6) is 0.761. The van der Waals surface area contributed by atoms with Gasteiger partial charge in [-0.1, -0.05) is 19.3 Å². The Morgan fingerprint density at radius 3 is 2.28 bits per heavy atom. The maximum absolute atomic E-state index is 12.5. The Balaban J connectivity index is 1.93. The van der Waals surface area contributed by atoms with Crippen molar-refractivity contribution in [2.75, 3.05) is 18.8 Å². The molecule has 5 heteroatoms. The average molecular weight is 274 g/mol. The minimum Gasteiger partial charge on any atom is -0.330 e. The van der Waals surface area contributed by atoms with Crippen molar-refractivity contribution in [3.05, 3.63) is 0 Å². The van der Waals surface area contributed by atoms with Crippen LogP contribution < -0.4 is 5.73 Å². The Kier molecular flexibility index (Phi) is 5.04. The number of nitrogens with zero attached hydrogens (tertiary/aromatic N) is 1.